The minimum absolute atomic E-state index is 0.101. The van der Waals surface area contributed by atoms with Crippen LogP contribution in [0.1, 0.15) is 11.4 Å². The summed E-state index contributed by atoms with van der Waals surface area (Å²) in [5.74, 6) is 0.157. The fourth-order valence-electron chi connectivity index (χ4n) is 2.46. The Hall–Kier alpha value is -2.95. The lowest BCUT2D eigenvalue weighted by Gasteiger charge is -2.12. The molecule has 0 atom stereocenters. The summed E-state index contributed by atoms with van der Waals surface area (Å²) < 4.78 is 45.0. The molecule has 11 heteroatoms. The van der Waals surface area contributed by atoms with E-state index in [9.17, 15) is 13.2 Å². The molecule has 1 aromatic carbocycles. The minimum Gasteiger partial charge on any atom is -0.405 e. The Morgan fingerprint density at radius 1 is 1.19 bits per heavy atom. The number of aryl methyl sites for hydroxylation is 1. The first-order chi connectivity index (χ1) is 12.4. The van der Waals surface area contributed by atoms with E-state index in [2.05, 4.69) is 25.1 Å². The summed E-state index contributed by atoms with van der Waals surface area (Å²) in [6.07, 6.45) is -1.16. The van der Waals surface area contributed by atoms with E-state index in [1.54, 1.807) is 30.1 Å². The van der Waals surface area contributed by atoms with E-state index in [1.165, 1.54) is 28.0 Å². The van der Waals surface area contributed by atoms with E-state index in [0.717, 1.165) is 5.56 Å². The molecule has 0 radical (unpaired) electrons. The van der Waals surface area contributed by atoms with Gasteiger partial charge in [0.2, 0.25) is 4.96 Å². The molecule has 4 rings (SSSR count). The molecule has 0 spiro atoms. The Morgan fingerprint density at radius 2 is 2.00 bits per heavy atom. The van der Waals surface area contributed by atoms with Crippen molar-refractivity contribution in [2.24, 2.45) is 7.05 Å². The zero-order valence-corrected chi connectivity index (χ0v) is 14.1. The molecule has 3 aromatic heterocycles. The minimum atomic E-state index is -4.76. The Labute approximate surface area is 148 Å². The van der Waals surface area contributed by atoms with Crippen molar-refractivity contribution >= 4 is 16.3 Å². The van der Waals surface area contributed by atoms with Gasteiger partial charge in [-0.3, -0.25) is 4.68 Å². The van der Waals surface area contributed by atoms with Crippen molar-refractivity contribution < 1.29 is 17.9 Å². The molecule has 3 heterocycles. The van der Waals surface area contributed by atoms with Gasteiger partial charge in [-0.1, -0.05) is 29.5 Å². The van der Waals surface area contributed by atoms with Gasteiger partial charge in [0.25, 0.3) is 0 Å². The summed E-state index contributed by atoms with van der Waals surface area (Å²) >= 11 is 1.32. The van der Waals surface area contributed by atoms with Crippen LogP contribution in [0.4, 0.5) is 13.2 Å². The molecule has 26 heavy (non-hydrogen) atoms. The molecular weight excluding hydrogens is 369 g/mol. The quantitative estimate of drug-likeness (QED) is 0.544. The maximum absolute atomic E-state index is 12.6. The van der Waals surface area contributed by atoms with Crippen LogP contribution in [0.25, 0.3) is 15.5 Å². The van der Waals surface area contributed by atoms with Gasteiger partial charge >= 0.3 is 6.36 Å². The van der Waals surface area contributed by atoms with Gasteiger partial charge in [-0.25, -0.2) is 0 Å². The SMILES string of the molecule is Cn1cc(-c2nn3c(Cc4ccccc4OC(F)(F)F)nnc3s2)cn1. The number of benzene rings is 1. The summed E-state index contributed by atoms with van der Waals surface area (Å²) in [5.41, 5.74) is 1.17. The van der Waals surface area contributed by atoms with Gasteiger partial charge in [0.1, 0.15) is 5.75 Å². The van der Waals surface area contributed by atoms with Gasteiger partial charge < -0.3 is 4.74 Å². The maximum Gasteiger partial charge on any atom is 0.573 e. The highest BCUT2D eigenvalue weighted by Crippen LogP contribution is 2.29. The number of aromatic nitrogens is 6. The van der Waals surface area contributed by atoms with Gasteiger partial charge in [-0.15, -0.1) is 23.4 Å². The second-order valence-electron chi connectivity index (χ2n) is 5.45. The van der Waals surface area contributed by atoms with Crippen LogP contribution in [0.2, 0.25) is 0 Å². The number of hydrogen-bond donors (Lipinski definition) is 0. The fourth-order valence-corrected chi connectivity index (χ4v) is 3.29. The van der Waals surface area contributed by atoms with Crippen molar-refractivity contribution in [3.05, 3.63) is 48.0 Å². The summed E-state index contributed by atoms with van der Waals surface area (Å²) in [6.45, 7) is 0. The van der Waals surface area contributed by atoms with Crippen molar-refractivity contribution in [1.29, 1.82) is 0 Å². The Bertz CT molecular complexity index is 1070. The van der Waals surface area contributed by atoms with Crippen molar-refractivity contribution in [3.63, 3.8) is 0 Å². The molecule has 0 aliphatic carbocycles. The van der Waals surface area contributed by atoms with E-state index in [4.69, 9.17) is 0 Å². The monoisotopic (exact) mass is 380 g/mol. The molecule has 0 fully saturated rings. The maximum atomic E-state index is 12.6. The third-order valence-corrected chi connectivity index (χ3v) is 4.50. The third kappa shape index (κ3) is 3.25. The molecule has 4 aromatic rings. The predicted molar refractivity (Wildman–Crippen MR) is 86.8 cm³/mol. The van der Waals surface area contributed by atoms with Crippen LogP contribution in [0, 0.1) is 0 Å². The van der Waals surface area contributed by atoms with E-state index in [0.29, 0.717) is 21.4 Å². The van der Waals surface area contributed by atoms with Crippen LogP contribution in [-0.2, 0) is 13.5 Å². The van der Waals surface area contributed by atoms with Crippen molar-refractivity contribution in [2.45, 2.75) is 12.8 Å². The zero-order chi connectivity index (χ0) is 18.3. The lowest BCUT2D eigenvalue weighted by Crippen LogP contribution is -2.18. The van der Waals surface area contributed by atoms with Gasteiger partial charge in [0.05, 0.1) is 11.8 Å². The Morgan fingerprint density at radius 3 is 2.73 bits per heavy atom. The first-order valence-corrected chi connectivity index (χ1v) is 8.24. The first kappa shape index (κ1) is 16.5. The van der Waals surface area contributed by atoms with E-state index in [1.807, 2.05) is 6.20 Å². The number of halogens is 3. The van der Waals surface area contributed by atoms with Crippen LogP contribution in [0.5, 0.6) is 5.75 Å². The molecule has 0 unspecified atom stereocenters. The summed E-state index contributed by atoms with van der Waals surface area (Å²) in [4.78, 5) is 0.549. The van der Waals surface area contributed by atoms with Gasteiger partial charge in [0.15, 0.2) is 10.8 Å². The average molecular weight is 380 g/mol. The van der Waals surface area contributed by atoms with Crippen molar-refractivity contribution in [2.75, 3.05) is 0 Å². The molecule has 0 N–H and O–H groups in total. The molecular formula is C15H11F3N6OS. The highest BCUT2D eigenvalue weighted by molar-refractivity contribution is 7.19. The molecule has 0 saturated carbocycles. The highest BCUT2D eigenvalue weighted by atomic mass is 32.1. The van der Waals surface area contributed by atoms with Gasteiger partial charge in [-0.05, 0) is 6.07 Å². The number of ether oxygens (including phenoxy) is 1. The summed E-state index contributed by atoms with van der Waals surface area (Å²) in [7, 11) is 1.80. The number of para-hydroxylation sites is 1. The predicted octanol–water partition coefficient (Wildman–Crippen LogP) is 3.08. The van der Waals surface area contributed by atoms with Crippen LogP contribution < -0.4 is 4.74 Å². The standard InChI is InChI=1S/C15H11F3N6OS/c1-23-8-10(7-19-23)13-22-24-12(20-21-14(24)26-13)6-9-4-2-3-5-11(9)25-15(16,17)18/h2-5,7-8H,6H2,1H3. The van der Waals surface area contributed by atoms with E-state index < -0.39 is 6.36 Å². The van der Waals surface area contributed by atoms with Gasteiger partial charge in [-0.2, -0.15) is 14.7 Å². The third-order valence-electron chi connectivity index (χ3n) is 3.55. The van der Waals surface area contributed by atoms with Gasteiger partial charge in [0, 0.05) is 25.2 Å². The molecule has 0 amide bonds. The second kappa shape index (κ2) is 6.09. The molecule has 134 valence electrons. The molecule has 0 bridgehead atoms. The van der Waals surface area contributed by atoms with Crippen LogP contribution in [0.3, 0.4) is 0 Å². The first-order valence-electron chi connectivity index (χ1n) is 7.43. The van der Waals surface area contributed by atoms with E-state index in [-0.39, 0.29) is 12.2 Å². The molecule has 7 nitrogen and oxygen atoms in total. The molecule has 0 aliphatic rings. The van der Waals surface area contributed by atoms with Crippen LogP contribution in [0.15, 0.2) is 36.7 Å². The smallest absolute Gasteiger partial charge is 0.405 e. The second-order valence-corrected chi connectivity index (χ2v) is 6.41. The van der Waals surface area contributed by atoms with Crippen molar-refractivity contribution in [3.8, 4) is 16.3 Å². The number of alkyl halides is 3. The average Bonchev–Trinajstić information content (AvgIpc) is 3.24. The zero-order valence-electron chi connectivity index (χ0n) is 13.3. The highest BCUT2D eigenvalue weighted by Gasteiger charge is 2.32. The van der Waals surface area contributed by atoms with Crippen LogP contribution >= 0.6 is 11.3 Å². The van der Waals surface area contributed by atoms with Crippen LogP contribution in [-0.4, -0.2) is 36.0 Å². The Balaban J connectivity index is 1.67. The Kier molecular flexibility index (Phi) is 3.87. The van der Waals surface area contributed by atoms with Crippen molar-refractivity contribution in [1.82, 2.24) is 29.6 Å². The molecule has 0 aliphatic heterocycles. The lowest BCUT2D eigenvalue weighted by molar-refractivity contribution is -0.274. The molecule has 0 saturated heterocycles. The number of rotatable bonds is 4. The number of hydrogen-bond acceptors (Lipinski definition) is 6. The number of fused-ring (bicyclic) bond motifs is 1. The fraction of sp³-hybridized carbons (Fsp3) is 0.200. The topological polar surface area (TPSA) is 70.1 Å². The summed E-state index contributed by atoms with van der Waals surface area (Å²) in [5, 5.41) is 17.3. The number of nitrogens with zero attached hydrogens (tertiary/aromatic N) is 6. The lowest BCUT2D eigenvalue weighted by atomic mass is 10.1. The largest absolute Gasteiger partial charge is 0.573 e. The summed E-state index contributed by atoms with van der Waals surface area (Å²) in [6, 6.07) is 5.94. The van der Waals surface area contributed by atoms with E-state index >= 15 is 0 Å². The normalized spacial score (nSPS) is 12.0.